The maximum Gasteiger partial charge on any atom is 0.00924 e. The Balaban J connectivity index is 2.13. The van der Waals surface area contributed by atoms with Gasteiger partial charge in [0.2, 0.25) is 0 Å². The second-order valence-corrected chi connectivity index (χ2v) is 5.93. The van der Waals surface area contributed by atoms with Crippen molar-refractivity contribution in [3.05, 3.63) is 0 Å². The van der Waals surface area contributed by atoms with Crippen molar-refractivity contribution in [2.75, 3.05) is 13.6 Å². The Morgan fingerprint density at radius 2 is 1.73 bits per heavy atom. The summed E-state index contributed by atoms with van der Waals surface area (Å²) in [5, 5.41) is 0. The van der Waals surface area contributed by atoms with E-state index in [1.807, 2.05) is 0 Å². The Morgan fingerprint density at radius 3 is 2.27 bits per heavy atom. The molecule has 0 bridgehead atoms. The second kappa shape index (κ2) is 6.52. The summed E-state index contributed by atoms with van der Waals surface area (Å²) in [5.41, 5.74) is 0. The van der Waals surface area contributed by atoms with E-state index in [1.54, 1.807) is 0 Å². The van der Waals surface area contributed by atoms with E-state index in [0.717, 1.165) is 17.9 Å². The highest BCUT2D eigenvalue weighted by Gasteiger charge is 2.20. The Hall–Kier alpha value is -0.0400. The van der Waals surface area contributed by atoms with E-state index in [9.17, 15) is 0 Å². The number of nitrogens with zero attached hydrogens (tertiary/aromatic N) is 1. The SMILES string of the molecule is CC(C)CCCN(C)C1CCC(C)CC1. The molecule has 0 aromatic carbocycles. The molecule has 1 nitrogen and oxygen atoms in total. The zero-order valence-electron chi connectivity index (χ0n) is 11.1. The van der Waals surface area contributed by atoms with Gasteiger partial charge in [-0.3, -0.25) is 0 Å². The molecule has 1 heteroatoms. The molecule has 0 atom stereocenters. The van der Waals surface area contributed by atoms with E-state index in [0.29, 0.717) is 0 Å². The molecule has 0 heterocycles. The van der Waals surface area contributed by atoms with E-state index in [1.165, 1.54) is 45.1 Å². The van der Waals surface area contributed by atoms with Gasteiger partial charge in [-0.15, -0.1) is 0 Å². The minimum absolute atomic E-state index is 0.866. The van der Waals surface area contributed by atoms with Crippen LogP contribution in [0, 0.1) is 11.8 Å². The van der Waals surface area contributed by atoms with Gasteiger partial charge in [-0.25, -0.2) is 0 Å². The smallest absolute Gasteiger partial charge is 0.00924 e. The average molecular weight is 211 g/mol. The van der Waals surface area contributed by atoms with Crippen LogP contribution in [-0.4, -0.2) is 24.5 Å². The lowest BCUT2D eigenvalue weighted by Gasteiger charge is -2.33. The largest absolute Gasteiger partial charge is 0.303 e. The third kappa shape index (κ3) is 5.01. The van der Waals surface area contributed by atoms with Crippen LogP contribution < -0.4 is 0 Å². The van der Waals surface area contributed by atoms with Crippen molar-refractivity contribution >= 4 is 0 Å². The monoisotopic (exact) mass is 211 g/mol. The van der Waals surface area contributed by atoms with Crippen molar-refractivity contribution in [2.24, 2.45) is 11.8 Å². The Bertz CT molecular complexity index is 157. The van der Waals surface area contributed by atoms with Crippen LogP contribution in [0.25, 0.3) is 0 Å². The number of hydrogen-bond donors (Lipinski definition) is 0. The molecular weight excluding hydrogens is 182 g/mol. The zero-order valence-corrected chi connectivity index (χ0v) is 11.1. The first-order valence-electron chi connectivity index (χ1n) is 6.79. The molecule has 0 N–H and O–H groups in total. The van der Waals surface area contributed by atoms with Crippen molar-refractivity contribution in [1.29, 1.82) is 0 Å². The van der Waals surface area contributed by atoms with E-state index in [2.05, 4.69) is 32.7 Å². The van der Waals surface area contributed by atoms with Crippen LogP contribution in [0.2, 0.25) is 0 Å². The standard InChI is InChI=1S/C14H29N/c1-12(2)6-5-11-15(4)14-9-7-13(3)8-10-14/h12-14H,5-11H2,1-4H3. The van der Waals surface area contributed by atoms with Crippen molar-refractivity contribution in [3.8, 4) is 0 Å². The first-order valence-corrected chi connectivity index (χ1v) is 6.79. The topological polar surface area (TPSA) is 3.24 Å². The Kier molecular flexibility index (Phi) is 5.66. The normalized spacial score (nSPS) is 27.6. The highest BCUT2D eigenvalue weighted by molar-refractivity contribution is 4.76. The van der Waals surface area contributed by atoms with E-state index >= 15 is 0 Å². The minimum atomic E-state index is 0.866. The van der Waals surface area contributed by atoms with Gasteiger partial charge in [0.05, 0.1) is 0 Å². The predicted molar refractivity (Wildman–Crippen MR) is 68.1 cm³/mol. The van der Waals surface area contributed by atoms with Gasteiger partial charge in [-0.2, -0.15) is 0 Å². The third-order valence-electron chi connectivity index (χ3n) is 3.90. The third-order valence-corrected chi connectivity index (χ3v) is 3.90. The summed E-state index contributed by atoms with van der Waals surface area (Å²) >= 11 is 0. The van der Waals surface area contributed by atoms with Crippen LogP contribution in [0.4, 0.5) is 0 Å². The molecule has 0 amide bonds. The average Bonchev–Trinajstić information content (AvgIpc) is 2.18. The maximum absolute atomic E-state index is 2.61. The van der Waals surface area contributed by atoms with Crippen LogP contribution >= 0.6 is 0 Å². The number of hydrogen-bond acceptors (Lipinski definition) is 1. The summed E-state index contributed by atoms with van der Waals surface area (Å²) in [6, 6.07) is 0.883. The molecule has 0 aliphatic heterocycles. The van der Waals surface area contributed by atoms with Crippen molar-refractivity contribution < 1.29 is 0 Å². The van der Waals surface area contributed by atoms with E-state index in [4.69, 9.17) is 0 Å². The quantitative estimate of drug-likeness (QED) is 0.666. The van der Waals surface area contributed by atoms with Gasteiger partial charge < -0.3 is 4.90 Å². The first-order chi connectivity index (χ1) is 7.09. The van der Waals surface area contributed by atoms with Crippen LogP contribution in [-0.2, 0) is 0 Å². The minimum Gasteiger partial charge on any atom is -0.303 e. The summed E-state index contributed by atoms with van der Waals surface area (Å²) in [5.74, 6) is 1.84. The lowest BCUT2D eigenvalue weighted by molar-refractivity contribution is 0.166. The predicted octanol–water partition coefficient (Wildman–Crippen LogP) is 3.93. The summed E-state index contributed by atoms with van der Waals surface area (Å²) in [6.07, 6.45) is 8.50. The molecular formula is C14H29N. The summed E-state index contributed by atoms with van der Waals surface area (Å²) in [7, 11) is 2.32. The molecule has 1 aliphatic carbocycles. The molecule has 15 heavy (non-hydrogen) atoms. The highest BCUT2D eigenvalue weighted by atomic mass is 15.1. The molecule has 0 aromatic heterocycles. The van der Waals surface area contributed by atoms with Crippen molar-refractivity contribution in [2.45, 2.75) is 65.3 Å². The fraction of sp³-hybridized carbons (Fsp3) is 1.00. The lowest BCUT2D eigenvalue weighted by Crippen LogP contribution is -2.35. The number of rotatable bonds is 5. The molecule has 1 fully saturated rings. The van der Waals surface area contributed by atoms with Gasteiger partial charge in [0.1, 0.15) is 0 Å². The maximum atomic E-state index is 2.61. The molecule has 0 aromatic rings. The summed E-state index contributed by atoms with van der Waals surface area (Å²) < 4.78 is 0. The van der Waals surface area contributed by atoms with Crippen LogP contribution in [0.3, 0.4) is 0 Å². The van der Waals surface area contributed by atoms with Crippen LogP contribution in [0.5, 0.6) is 0 Å². The molecule has 0 saturated heterocycles. The van der Waals surface area contributed by atoms with Gasteiger partial charge >= 0.3 is 0 Å². The van der Waals surface area contributed by atoms with Gasteiger partial charge in [-0.05, 0) is 64.0 Å². The fourth-order valence-corrected chi connectivity index (χ4v) is 2.61. The fourth-order valence-electron chi connectivity index (χ4n) is 2.61. The van der Waals surface area contributed by atoms with E-state index in [-0.39, 0.29) is 0 Å². The zero-order chi connectivity index (χ0) is 11.3. The Labute approximate surface area is 96.2 Å². The van der Waals surface area contributed by atoms with Crippen LogP contribution in [0.1, 0.15) is 59.3 Å². The molecule has 1 saturated carbocycles. The molecule has 0 radical (unpaired) electrons. The summed E-state index contributed by atoms with van der Waals surface area (Å²) in [6.45, 7) is 8.34. The second-order valence-electron chi connectivity index (χ2n) is 5.93. The lowest BCUT2D eigenvalue weighted by atomic mass is 9.86. The van der Waals surface area contributed by atoms with Gasteiger partial charge in [0, 0.05) is 6.04 Å². The van der Waals surface area contributed by atoms with Gasteiger partial charge in [0.25, 0.3) is 0 Å². The summed E-state index contributed by atoms with van der Waals surface area (Å²) in [4.78, 5) is 2.61. The highest BCUT2D eigenvalue weighted by Crippen LogP contribution is 2.26. The van der Waals surface area contributed by atoms with Crippen molar-refractivity contribution in [1.82, 2.24) is 4.90 Å². The van der Waals surface area contributed by atoms with Gasteiger partial charge in [0.15, 0.2) is 0 Å². The first kappa shape index (κ1) is 13.0. The molecule has 0 unspecified atom stereocenters. The molecule has 0 spiro atoms. The van der Waals surface area contributed by atoms with Crippen molar-refractivity contribution in [3.63, 3.8) is 0 Å². The van der Waals surface area contributed by atoms with Gasteiger partial charge in [-0.1, -0.05) is 20.8 Å². The molecule has 1 rings (SSSR count). The molecule has 1 aliphatic rings. The Morgan fingerprint density at radius 1 is 1.13 bits per heavy atom. The van der Waals surface area contributed by atoms with E-state index < -0.39 is 0 Å². The molecule has 90 valence electrons. The van der Waals surface area contributed by atoms with Crippen LogP contribution in [0.15, 0.2) is 0 Å².